The molecule has 0 aromatic carbocycles. The van der Waals surface area contributed by atoms with Crippen LogP contribution in [0.2, 0.25) is 0 Å². The maximum Gasteiger partial charge on any atom is 0.235 e. The van der Waals surface area contributed by atoms with Gasteiger partial charge in [-0.05, 0) is 39.5 Å². The first kappa shape index (κ1) is 12.4. The Bertz CT molecular complexity index is 284. The summed E-state index contributed by atoms with van der Waals surface area (Å²) in [6, 6.07) is 0.297. The van der Waals surface area contributed by atoms with Crippen molar-refractivity contribution in [2.24, 2.45) is 17.1 Å². The van der Waals surface area contributed by atoms with Gasteiger partial charge in [0.25, 0.3) is 0 Å². The van der Waals surface area contributed by atoms with E-state index in [1.165, 1.54) is 12.8 Å². The molecule has 0 radical (unpaired) electrons. The zero-order valence-corrected chi connectivity index (χ0v) is 10.7. The smallest absolute Gasteiger partial charge is 0.235 e. The van der Waals surface area contributed by atoms with Gasteiger partial charge in [-0.25, -0.2) is 0 Å². The lowest BCUT2D eigenvalue weighted by atomic mass is 9.91. The predicted molar refractivity (Wildman–Crippen MR) is 65.5 cm³/mol. The highest BCUT2D eigenvalue weighted by Gasteiger charge is 2.39. The van der Waals surface area contributed by atoms with Crippen molar-refractivity contribution < 1.29 is 4.79 Å². The number of rotatable bonds is 4. The van der Waals surface area contributed by atoms with Gasteiger partial charge in [-0.2, -0.15) is 0 Å². The highest BCUT2D eigenvalue weighted by molar-refractivity contribution is 7.80. The number of hydrogen-bond acceptors (Lipinski definition) is 2. The normalized spacial score (nSPS) is 18.4. The third-order valence-electron chi connectivity index (χ3n) is 3.39. The molecule has 0 bridgehead atoms. The lowest BCUT2D eigenvalue weighted by Gasteiger charge is -2.32. The lowest BCUT2D eigenvalue weighted by molar-refractivity contribution is -0.137. The molecule has 4 heteroatoms. The molecule has 1 aliphatic rings. The van der Waals surface area contributed by atoms with Crippen LogP contribution in [0.3, 0.4) is 0 Å². The van der Waals surface area contributed by atoms with Crippen molar-refractivity contribution in [3.05, 3.63) is 0 Å². The van der Waals surface area contributed by atoms with Gasteiger partial charge in [-0.15, -0.1) is 0 Å². The van der Waals surface area contributed by atoms with Crippen molar-refractivity contribution in [1.29, 1.82) is 0 Å². The summed E-state index contributed by atoms with van der Waals surface area (Å²) in [4.78, 5) is 14.2. The number of nitrogens with zero attached hydrogens (tertiary/aromatic N) is 1. The summed E-state index contributed by atoms with van der Waals surface area (Å²) < 4.78 is 0. The molecular weight excluding hydrogens is 208 g/mol. The molecule has 86 valence electrons. The van der Waals surface area contributed by atoms with Gasteiger partial charge < -0.3 is 10.6 Å². The monoisotopic (exact) mass is 228 g/mol. The highest BCUT2D eigenvalue weighted by atomic mass is 32.1. The van der Waals surface area contributed by atoms with E-state index in [0.29, 0.717) is 12.0 Å². The van der Waals surface area contributed by atoms with Crippen molar-refractivity contribution in [3.63, 3.8) is 0 Å². The van der Waals surface area contributed by atoms with E-state index in [1.54, 1.807) is 18.7 Å². The SMILES string of the molecule is CC(C1CC1)N(C)C(=O)C(C)(C)C(N)=S. The maximum atomic E-state index is 12.1. The average molecular weight is 228 g/mol. The van der Waals surface area contributed by atoms with Crippen LogP contribution in [0.4, 0.5) is 0 Å². The fourth-order valence-corrected chi connectivity index (χ4v) is 1.71. The van der Waals surface area contributed by atoms with Crippen molar-refractivity contribution in [2.45, 2.75) is 39.7 Å². The van der Waals surface area contributed by atoms with Crippen molar-refractivity contribution in [1.82, 2.24) is 4.90 Å². The van der Waals surface area contributed by atoms with Crippen LogP contribution < -0.4 is 5.73 Å². The molecule has 1 fully saturated rings. The molecule has 1 rings (SSSR count). The van der Waals surface area contributed by atoms with Gasteiger partial charge in [-0.1, -0.05) is 12.2 Å². The van der Waals surface area contributed by atoms with Crippen LogP contribution in [-0.2, 0) is 4.79 Å². The van der Waals surface area contributed by atoms with E-state index >= 15 is 0 Å². The van der Waals surface area contributed by atoms with Crippen LogP contribution in [-0.4, -0.2) is 28.9 Å². The second-order valence-corrected chi connectivity index (χ2v) is 5.42. The van der Waals surface area contributed by atoms with Gasteiger partial charge in [0.15, 0.2) is 0 Å². The van der Waals surface area contributed by atoms with Crippen molar-refractivity contribution >= 4 is 23.1 Å². The highest BCUT2D eigenvalue weighted by Crippen LogP contribution is 2.35. The Morgan fingerprint density at radius 2 is 2.00 bits per heavy atom. The van der Waals surface area contributed by atoms with Crippen molar-refractivity contribution in [2.75, 3.05) is 7.05 Å². The molecule has 1 unspecified atom stereocenters. The molecule has 1 atom stereocenters. The van der Waals surface area contributed by atoms with E-state index in [4.69, 9.17) is 18.0 Å². The Morgan fingerprint density at radius 1 is 1.53 bits per heavy atom. The summed E-state index contributed by atoms with van der Waals surface area (Å²) in [6.45, 7) is 5.66. The van der Waals surface area contributed by atoms with Crippen LogP contribution in [0.1, 0.15) is 33.6 Å². The van der Waals surface area contributed by atoms with Gasteiger partial charge in [0.05, 0.1) is 10.4 Å². The fraction of sp³-hybridized carbons (Fsp3) is 0.818. The second-order valence-electron chi connectivity index (χ2n) is 4.98. The molecule has 0 heterocycles. The Hall–Kier alpha value is -0.640. The Kier molecular flexibility index (Phi) is 3.38. The van der Waals surface area contributed by atoms with E-state index in [2.05, 4.69) is 6.92 Å². The molecule has 15 heavy (non-hydrogen) atoms. The quantitative estimate of drug-likeness (QED) is 0.743. The van der Waals surface area contributed by atoms with Gasteiger partial charge >= 0.3 is 0 Å². The molecule has 2 N–H and O–H groups in total. The van der Waals surface area contributed by atoms with E-state index in [0.717, 1.165) is 0 Å². The average Bonchev–Trinajstić information content (AvgIpc) is 2.97. The third kappa shape index (κ3) is 2.48. The molecular formula is C11H20N2OS. The predicted octanol–water partition coefficient (Wildman–Crippen LogP) is 1.56. The van der Waals surface area contributed by atoms with E-state index in [9.17, 15) is 4.79 Å². The van der Waals surface area contributed by atoms with Crippen LogP contribution in [0.15, 0.2) is 0 Å². The molecule has 0 aromatic rings. The first-order valence-corrected chi connectivity index (χ1v) is 5.76. The van der Waals surface area contributed by atoms with Crippen LogP contribution >= 0.6 is 12.2 Å². The van der Waals surface area contributed by atoms with Crippen LogP contribution in [0.25, 0.3) is 0 Å². The molecule has 3 nitrogen and oxygen atoms in total. The summed E-state index contributed by atoms with van der Waals surface area (Å²) in [5, 5.41) is 0. The maximum absolute atomic E-state index is 12.1. The summed E-state index contributed by atoms with van der Waals surface area (Å²) in [7, 11) is 1.84. The van der Waals surface area contributed by atoms with E-state index in [-0.39, 0.29) is 10.9 Å². The molecule has 0 spiro atoms. The summed E-state index contributed by atoms with van der Waals surface area (Å²) in [6.07, 6.45) is 2.46. The van der Waals surface area contributed by atoms with E-state index in [1.807, 2.05) is 7.05 Å². The summed E-state index contributed by atoms with van der Waals surface area (Å²) in [5.74, 6) is 0.690. The van der Waals surface area contributed by atoms with Crippen molar-refractivity contribution in [3.8, 4) is 0 Å². The molecule has 0 aliphatic heterocycles. The van der Waals surface area contributed by atoms with Gasteiger partial charge in [-0.3, -0.25) is 4.79 Å². The summed E-state index contributed by atoms with van der Waals surface area (Å²) >= 11 is 4.93. The molecule has 1 aliphatic carbocycles. The topological polar surface area (TPSA) is 46.3 Å². The summed E-state index contributed by atoms with van der Waals surface area (Å²) in [5.41, 5.74) is 4.86. The fourth-order valence-electron chi connectivity index (χ4n) is 1.63. The zero-order valence-electron chi connectivity index (χ0n) is 9.91. The number of carbonyl (C=O) groups excluding carboxylic acids is 1. The molecule has 0 aromatic heterocycles. The standard InChI is InChI=1S/C11H20N2OS/c1-7(8-5-6-8)13(4)10(14)11(2,3)9(12)15/h7-8H,5-6H2,1-4H3,(H2,12,15). The number of hydrogen-bond donors (Lipinski definition) is 1. The van der Waals surface area contributed by atoms with Crippen LogP contribution in [0.5, 0.6) is 0 Å². The Balaban J connectivity index is 2.70. The first-order valence-electron chi connectivity index (χ1n) is 5.35. The zero-order chi connectivity index (χ0) is 11.8. The van der Waals surface area contributed by atoms with Crippen LogP contribution in [0, 0.1) is 11.3 Å². The molecule has 1 saturated carbocycles. The van der Waals surface area contributed by atoms with E-state index < -0.39 is 5.41 Å². The Labute approximate surface area is 97.0 Å². The molecule has 0 saturated heterocycles. The number of nitrogens with two attached hydrogens (primary N) is 1. The minimum absolute atomic E-state index is 0.0226. The largest absolute Gasteiger partial charge is 0.392 e. The third-order valence-corrected chi connectivity index (χ3v) is 3.90. The minimum atomic E-state index is -0.729. The second kappa shape index (κ2) is 4.08. The molecule has 1 amide bonds. The van der Waals surface area contributed by atoms with Gasteiger partial charge in [0, 0.05) is 13.1 Å². The minimum Gasteiger partial charge on any atom is -0.392 e. The number of thiocarbonyl (C=S) groups is 1. The Morgan fingerprint density at radius 3 is 2.33 bits per heavy atom. The van der Waals surface area contributed by atoms with Gasteiger partial charge in [0.1, 0.15) is 0 Å². The lowest BCUT2D eigenvalue weighted by Crippen LogP contribution is -2.49. The van der Waals surface area contributed by atoms with Gasteiger partial charge in [0.2, 0.25) is 5.91 Å². The number of amides is 1. The first-order chi connectivity index (χ1) is 6.78. The number of carbonyl (C=O) groups is 1.